The Morgan fingerprint density at radius 1 is 1.21 bits per heavy atom. The third-order valence-electron chi connectivity index (χ3n) is 4.44. The summed E-state index contributed by atoms with van der Waals surface area (Å²) in [6, 6.07) is 10.7. The molecule has 1 atom stereocenters. The first-order valence-electron chi connectivity index (χ1n) is 8.18. The number of rotatable bonds is 4. The first kappa shape index (κ1) is 20.0. The Labute approximate surface area is 161 Å². The molecule has 1 fully saturated rings. The van der Waals surface area contributed by atoms with Crippen molar-refractivity contribution in [3.05, 3.63) is 59.4 Å². The summed E-state index contributed by atoms with van der Waals surface area (Å²) in [7, 11) is -7.48. The lowest BCUT2D eigenvalue weighted by Crippen LogP contribution is -2.23. The number of para-hydroxylation sites is 1. The van der Waals surface area contributed by atoms with Crippen molar-refractivity contribution in [1.82, 2.24) is 0 Å². The van der Waals surface area contributed by atoms with E-state index < -0.39 is 48.0 Å². The van der Waals surface area contributed by atoms with Crippen LogP contribution in [0.2, 0.25) is 0 Å². The number of hydrogen-bond donors (Lipinski definition) is 1. The summed E-state index contributed by atoms with van der Waals surface area (Å²) in [5, 5.41) is 10.3. The van der Waals surface area contributed by atoms with E-state index in [-0.39, 0.29) is 28.3 Å². The maximum absolute atomic E-state index is 14.2. The fourth-order valence-corrected chi connectivity index (χ4v) is 7.32. The number of nitrogens with one attached hydrogen (secondary N) is 1. The number of carbonyl (C=O) groups excluding carboxylic acids is 1. The predicted molar refractivity (Wildman–Crippen MR) is 99.8 cm³/mol. The summed E-state index contributed by atoms with van der Waals surface area (Å²) in [5.74, 6) is -2.58. The van der Waals surface area contributed by atoms with Gasteiger partial charge in [-0.05, 0) is 36.8 Å². The SMILES string of the molecule is N#Cc1ccccc1NC(=O)c1cc(S(=O)(=O)C2CCS(=O)(=O)C2)ccc1F. The topological polar surface area (TPSA) is 121 Å². The van der Waals surface area contributed by atoms with E-state index in [1.165, 1.54) is 12.1 Å². The fraction of sp³-hybridized carbons (Fsp3) is 0.222. The summed E-state index contributed by atoms with van der Waals surface area (Å²) in [4.78, 5) is 12.1. The van der Waals surface area contributed by atoms with Gasteiger partial charge in [0.1, 0.15) is 11.9 Å². The molecule has 0 radical (unpaired) electrons. The lowest BCUT2D eigenvalue weighted by Gasteiger charge is -2.12. The molecule has 0 aromatic heterocycles. The Bertz CT molecular complexity index is 1200. The van der Waals surface area contributed by atoms with E-state index in [0.717, 1.165) is 18.2 Å². The Balaban J connectivity index is 1.94. The van der Waals surface area contributed by atoms with E-state index in [0.29, 0.717) is 0 Å². The fourth-order valence-electron chi connectivity index (χ4n) is 2.93. The van der Waals surface area contributed by atoms with Crippen LogP contribution in [-0.2, 0) is 19.7 Å². The number of carbonyl (C=O) groups is 1. The highest BCUT2D eigenvalue weighted by molar-refractivity contribution is 7.96. The van der Waals surface area contributed by atoms with Crippen LogP contribution in [0.4, 0.5) is 10.1 Å². The lowest BCUT2D eigenvalue weighted by molar-refractivity contribution is 0.102. The van der Waals surface area contributed by atoms with Gasteiger partial charge in [-0.15, -0.1) is 0 Å². The molecule has 0 aliphatic carbocycles. The molecule has 146 valence electrons. The van der Waals surface area contributed by atoms with E-state index >= 15 is 0 Å². The molecule has 2 aromatic carbocycles. The van der Waals surface area contributed by atoms with Gasteiger partial charge in [0.05, 0.1) is 38.5 Å². The highest BCUT2D eigenvalue weighted by Gasteiger charge is 2.38. The van der Waals surface area contributed by atoms with Gasteiger partial charge in [0.15, 0.2) is 19.7 Å². The third-order valence-corrected chi connectivity index (χ3v) is 8.61. The molecule has 7 nitrogen and oxygen atoms in total. The van der Waals surface area contributed by atoms with Crippen molar-refractivity contribution in [2.75, 3.05) is 16.8 Å². The zero-order chi connectivity index (χ0) is 20.5. The monoisotopic (exact) mass is 422 g/mol. The normalized spacial score (nSPS) is 18.4. The van der Waals surface area contributed by atoms with Crippen LogP contribution < -0.4 is 5.32 Å². The summed E-state index contributed by atoms with van der Waals surface area (Å²) in [6.07, 6.45) is -0.0425. The highest BCUT2D eigenvalue weighted by atomic mass is 32.2. The summed E-state index contributed by atoms with van der Waals surface area (Å²) in [5.41, 5.74) is -0.199. The quantitative estimate of drug-likeness (QED) is 0.752. The number of hydrogen-bond acceptors (Lipinski definition) is 6. The van der Waals surface area contributed by atoms with Crippen LogP contribution in [0.25, 0.3) is 0 Å². The molecule has 1 saturated heterocycles. The molecule has 10 heteroatoms. The van der Waals surface area contributed by atoms with Crippen LogP contribution in [0.3, 0.4) is 0 Å². The van der Waals surface area contributed by atoms with E-state index in [1.54, 1.807) is 12.1 Å². The van der Waals surface area contributed by atoms with Gasteiger partial charge in [-0.2, -0.15) is 5.26 Å². The standard InChI is InChI=1S/C18H15FN2O5S2/c19-16-6-5-13(28(25,26)14-7-8-27(23,24)11-14)9-15(16)18(22)21-17-4-2-1-3-12(17)10-20/h1-6,9,14H,7-8,11H2,(H,21,22). The molecule has 0 bridgehead atoms. The van der Waals surface area contributed by atoms with Gasteiger partial charge in [0.25, 0.3) is 5.91 Å². The van der Waals surface area contributed by atoms with Crippen molar-refractivity contribution >= 4 is 31.3 Å². The highest BCUT2D eigenvalue weighted by Crippen LogP contribution is 2.27. The molecule has 1 unspecified atom stereocenters. The van der Waals surface area contributed by atoms with Crippen LogP contribution in [0.5, 0.6) is 0 Å². The van der Waals surface area contributed by atoms with Crippen molar-refractivity contribution in [2.45, 2.75) is 16.6 Å². The van der Waals surface area contributed by atoms with E-state index in [9.17, 15) is 26.0 Å². The number of halogens is 1. The van der Waals surface area contributed by atoms with Crippen LogP contribution in [0.15, 0.2) is 47.4 Å². The molecule has 1 aliphatic heterocycles. The molecule has 28 heavy (non-hydrogen) atoms. The van der Waals surface area contributed by atoms with Crippen LogP contribution in [0.1, 0.15) is 22.3 Å². The smallest absolute Gasteiger partial charge is 0.258 e. The second-order valence-corrected chi connectivity index (χ2v) is 10.8. The zero-order valence-corrected chi connectivity index (χ0v) is 16.1. The Hall–Kier alpha value is -2.77. The number of nitrogens with zero attached hydrogens (tertiary/aromatic N) is 1. The Kier molecular flexibility index (Phi) is 5.23. The largest absolute Gasteiger partial charge is 0.321 e. The average Bonchev–Trinajstić information content (AvgIpc) is 3.03. The Morgan fingerprint density at radius 2 is 1.93 bits per heavy atom. The predicted octanol–water partition coefficient (Wildman–Crippen LogP) is 1.91. The molecule has 2 aromatic rings. The van der Waals surface area contributed by atoms with Crippen LogP contribution in [-0.4, -0.2) is 39.5 Å². The van der Waals surface area contributed by atoms with E-state index in [4.69, 9.17) is 5.26 Å². The van der Waals surface area contributed by atoms with Crippen molar-refractivity contribution < 1.29 is 26.0 Å². The van der Waals surface area contributed by atoms with Crippen LogP contribution >= 0.6 is 0 Å². The molecule has 3 rings (SSSR count). The number of sulfone groups is 2. The van der Waals surface area contributed by atoms with Crippen molar-refractivity contribution in [1.29, 1.82) is 5.26 Å². The van der Waals surface area contributed by atoms with Crippen molar-refractivity contribution in [2.24, 2.45) is 0 Å². The summed E-state index contributed by atoms with van der Waals surface area (Å²) in [6.45, 7) is 0. The minimum atomic E-state index is -4.05. The van der Waals surface area contributed by atoms with Gasteiger partial charge in [-0.3, -0.25) is 4.79 Å². The summed E-state index contributed by atoms with van der Waals surface area (Å²) >= 11 is 0. The number of benzene rings is 2. The van der Waals surface area contributed by atoms with Gasteiger partial charge in [-0.25, -0.2) is 21.2 Å². The number of anilines is 1. The lowest BCUT2D eigenvalue weighted by atomic mass is 10.1. The molecular formula is C18H15FN2O5S2. The average molecular weight is 422 g/mol. The Morgan fingerprint density at radius 3 is 2.57 bits per heavy atom. The minimum absolute atomic E-state index is 0.0425. The first-order valence-corrected chi connectivity index (χ1v) is 11.6. The first-order chi connectivity index (χ1) is 13.1. The maximum Gasteiger partial charge on any atom is 0.258 e. The second-order valence-electron chi connectivity index (χ2n) is 6.32. The molecule has 0 spiro atoms. The van der Waals surface area contributed by atoms with Crippen LogP contribution in [0, 0.1) is 17.1 Å². The number of nitriles is 1. The van der Waals surface area contributed by atoms with Gasteiger partial charge in [0.2, 0.25) is 0 Å². The zero-order valence-electron chi connectivity index (χ0n) is 14.4. The molecular weight excluding hydrogens is 407 g/mol. The molecule has 1 N–H and O–H groups in total. The molecule has 1 aliphatic rings. The van der Waals surface area contributed by atoms with Gasteiger partial charge >= 0.3 is 0 Å². The van der Waals surface area contributed by atoms with E-state index in [1.807, 2.05) is 6.07 Å². The van der Waals surface area contributed by atoms with Crippen molar-refractivity contribution in [3.8, 4) is 6.07 Å². The maximum atomic E-state index is 14.2. The van der Waals surface area contributed by atoms with Gasteiger partial charge in [0, 0.05) is 0 Å². The number of amides is 1. The minimum Gasteiger partial charge on any atom is -0.321 e. The third kappa shape index (κ3) is 3.90. The molecule has 0 saturated carbocycles. The van der Waals surface area contributed by atoms with E-state index in [2.05, 4.69) is 5.32 Å². The van der Waals surface area contributed by atoms with Gasteiger partial charge < -0.3 is 5.32 Å². The summed E-state index contributed by atoms with van der Waals surface area (Å²) < 4.78 is 62.8. The van der Waals surface area contributed by atoms with Crippen molar-refractivity contribution in [3.63, 3.8) is 0 Å². The second kappa shape index (κ2) is 7.33. The molecule has 1 amide bonds. The van der Waals surface area contributed by atoms with Gasteiger partial charge in [-0.1, -0.05) is 12.1 Å². The molecule has 1 heterocycles.